The molecule has 0 bridgehead atoms. The van der Waals surface area contributed by atoms with Crippen molar-refractivity contribution in [2.24, 2.45) is 0 Å². The number of amides is 1. The quantitative estimate of drug-likeness (QED) is 0.568. The van der Waals surface area contributed by atoms with E-state index < -0.39 is 27.9 Å². The van der Waals surface area contributed by atoms with Gasteiger partial charge in [-0.2, -0.15) is 0 Å². The Balaban J connectivity index is 2.32. The molecule has 0 fully saturated rings. The summed E-state index contributed by atoms with van der Waals surface area (Å²) in [5, 5.41) is 3.02. The van der Waals surface area contributed by atoms with Crippen LogP contribution in [0.5, 0.6) is 0 Å². The molecule has 0 aliphatic heterocycles. The van der Waals surface area contributed by atoms with E-state index in [4.69, 9.17) is 39.5 Å². The Morgan fingerprint density at radius 3 is 2.33 bits per heavy atom. The highest BCUT2D eigenvalue weighted by atomic mass is 35.5. The van der Waals surface area contributed by atoms with E-state index in [1.165, 1.54) is 43.3 Å². The van der Waals surface area contributed by atoms with Crippen LogP contribution in [0, 0.1) is 0 Å². The highest BCUT2D eigenvalue weighted by molar-refractivity contribution is 7.92. The van der Waals surface area contributed by atoms with Crippen molar-refractivity contribution in [3.8, 4) is 0 Å². The number of anilines is 2. The maximum Gasteiger partial charge on any atom is 0.338 e. The Hall–Kier alpha value is -2.00. The van der Waals surface area contributed by atoms with Gasteiger partial charge in [-0.25, -0.2) is 13.2 Å². The number of esters is 1. The summed E-state index contributed by atoms with van der Waals surface area (Å²) in [4.78, 5) is 24.6. The number of carbonyl (C=O) groups excluding carboxylic acids is 2. The molecule has 2 rings (SSSR count). The zero-order chi connectivity index (χ0) is 22.6. The van der Waals surface area contributed by atoms with Gasteiger partial charge in [0.05, 0.1) is 39.8 Å². The fourth-order valence-corrected chi connectivity index (χ4v) is 4.46. The van der Waals surface area contributed by atoms with E-state index in [1.54, 1.807) is 6.92 Å². The molecule has 1 amide bonds. The topological polar surface area (TPSA) is 92.8 Å². The first-order valence-electron chi connectivity index (χ1n) is 8.67. The number of sulfonamides is 1. The Morgan fingerprint density at radius 2 is 1.77 bits per heavy atom. The van der Waals surface area contributed by atoms with Crippen LogP contribution in [0.25, 0.3) is 0 Å². The SMILES string of the molecule is CCOC(=O)c1ccc(NC(=O)[C@@H](C)N(c2cc(Cl)ccc2Cl)S(C)(=O)=O)c(Cl)c1. The number of ether oxygens (including phenoxy) is 1. The molecule has 2 aromatic rings. The predicted molar refractivity (Wildman–Crippen MR) is 119 cm³/mol. The summed E-state index contributed by atoms with van der Waals surface area (Å²) < 4.78 is 30.6. The van der Waals surface area contributed by atoms with Gasteiger partial charge in [-0.15, -0.1) is 0 Å². The van der Waals surface area contributed by atoms with Gasteiger partial charge in [0.1, 0.15) is 6.04 Å². The average Bonchev–Trinajstić information content (AvgIpc) is 2.65. The number of hydrogen-bond acceptors (Lipinski definition) is 5. The molecule has 0 saturated carbocycles. The minimum atomic E-state index is -3.89. The molecule has 0 aliphatic rings. The van der Waals surface area contributed by atoms with Crippen LogP contribution in [0.4, 0.5) is 11.4 Å². The van der Waals surface area contributed by atoms with Crippen molar-refractivity contribution >= 4 is 68.1 Å². The molecule has 11 heteroatoms. The van der Waals surface area contributed by atoms with Gasteiger partial charge in [0, 0.05) is 5.02 Å². The van der Waals surface area contributed by atoms with Crippen LogP contribution in [0.3, 0.4) is 0 Å². The van der Waals surface area contributed by atoms with E-state index in [-0.39, 0.29) is 38.6 Å². The molecule has 0 radical (unpaired) electrons. The van der Waals surface area contributed by atoms with Crippen LogP contribution in [-0.2, 0) is 19.6 Å². The second-order valence-corrected chi connectivity index (χ2v) is 9.35. The lowest BCUT2D eigenvalue weighted by molar-refractivity contribution is -0.116. The molecule has 1 N–H and O–H groups in total. The molecule has 0 aromatic heterocycles. The second-order valence-electron chi connectivity index (χ2n) is 6.23. The molecular formula is C19H19Cl3N2O5S. The first-order chi connectivity index (χ1) is 14.0. The van der Waals surface area contributed by atoms with Gasteiger partial charge in [0.15, 0.2) is 0 Å². The molecule has 7 nitrogen and oxygen atoms in total. The van der Waals surface area contributed by atoms with Gasteiger partial charge in [-0.1, -0.05) is 34.8 Å². The van der Waals surface area contributed by atoms with E-state index in [0.717, 1.165) is 10.6 Å². The van der Waals surface area contributed by atoms with Crippen LogP contribution >= 0.6 is 34.8 Å². The lowest BCUT2D eigenvalue weighted by atomic mass is 10.2. The number of nitrogens with zero attached hydrogens (tertiary/aromatic N) is 1. The van der Waals surface area contributed by atoms with Gasteiger partial charge in [-0.05, 0) is 50.2 Å². The molecule has 0 heterocycles. The molecule has 0 unspecified atom stereocenters. The van der Waals surface area contributed by atoms with Crippen molar-refractivity contribution in [2.75, 3.05) is 22.5 Å². The number of rotatable bonds is 7. The standard InChI is InChI=1S/C19H19Cl3N2O5S/c1-4-29-19(26)12-5-8-16(15(22)9-12)23-18(25)11(2)24(30(3,27)28)17-10-13(20)6-7-14(17)21/h5-11H,4H2,1-3H3,(H,23,25)/t11-/m1/s1. The van der Waals surface area contributed by atoms with E-state index in [9.17, 15) is 18.0 Å². The first-order valence-corrected chi connectivity index (χ1v) is 11.7. The Kier molecular flexibility index (Phi) is 7.99. The summed E-state index contributed by atoms with van der Waals surface area (Å²) in [6, 6.07) is 7.33. The normalized spacial score (nSPS) is 12.2. The zero-order valence-corrected chi connectivity index (χ0v) is 19.4. The fraction of sp³-hybridized carbons (Fsp3) is 0.263. The number of hydrogen-bond donors (Lipinski definition) is 1. The largest absolute Gasteiger partial charge is 0.462 e. The van der Waals surface area contributed by atoms with E-state index in [2.05, 4.69) is 5.32 Å². The number of nitrogens with one attached hydrogen (secondary N) is 1. The minimum absolute atomic E-state index is 0.0677. The molecule has 2 aromatic carbocycles. The van der Waals surface area contributed by atoms with Gasteiger partial charge >= 0.3 is 5.97 Å². The zero-order valence-electron chi connectivity index (χ0n) is 16.3. The van der Waals surface area contributed by atoms with Crippen molar-refractivity contribution in [1.29, 1.82) is 0 Å². The third-order valence-electron chi connectivity index (χ3n) is 3.97. The predicted octanol–water partition coefficient (Wildman–Crippen LogP) is 4.62. The molecule has 0 spiro atoms. The summed E-state index contributed by atoms with van der Waals surface area (Å²) in [6.07, 6.45) is 0.954. The van der Waals surface area contributed by atoms with Crippen molar-refractivity contribution in [3.63, 3.8) is 0 Å². The van der Waals surface area contributed by atoms with E-state index >= 15 is 0 Å². The van der Waals surface area contributed by atoms with Gasteiger partial charge in [0.2, 0.25) is 15.9 Å². The Bertz CT molecular complexity index is 1080. The van der Waals surface area contributed by atoms with E-state index in [1.807, 2.05) is 0 Å². The van der Waals surface area contributed by atoms with Crippen molar-refractivity contribution in [2.45, 2.75) is 19.9 Å². The van der Waals surface area contributed by atoms with Gasteiger partial charge in [-0.3, -0.25) is 9.10 Å². The van der Waals surface area contributed by atoms with Crippen LogP contribution < -0.4 is 9.62 Å². The highest BCUT2D eigenvalue weighted by Gasteiger charge is 2.31. The maximum absolute atomic E-state index is 12.8. The van der Waals surface area contributed by atoms with Crippen LogP contribution in [-0.4, -0.2) is 39.2 Å². The third-order valence-corrected chi connectivity index (χ3v) is 6.07. The molecular weight excluding hydrogens is 475 g/mol. The lowest BCUT2D eigenvalue weighted by Gasteiger charge is -2.29. The molecule has 162 valence electrons. The maximum atomic E-state index is 12.8. The van der Waals surface area contributed by atoms with Gasteiger partial charge in [0.25, 0.3) is 0 Å². The average molecular weight is 494 g/mol. The molecule has 1 atom stereocenters. The Labute approximate surface area is 189 Å². The minimum Gasteiger partial charge on any atom is -0.462 e. The second kappa shape index (κ2) is 9.87. The summed E-state index contributed by atoms with van der Waals surface area (Å²) >= 11 is 18.3. The first kappa shape index (κ1) is 24.3. The van der Waals surface area contributed by atoms with Crippen LogP contribution in [0.15, 0.2) is 36.4 Å². The number of carbonyl (C=O) groups is 2. The summed E-state index contributed by atoms with van der Waals surface area (Å²) in [7, 11) is -3.89. The monoisotopic (exact) mass is 492 g/mol. The van der Waals surface area contributed by atoms with Crippen LogP contribution in [0.2, 0.25) is 15.1 Å². The summed E-state index contributed by atoms with van der Waals surface area (Å²) in [5.41, 5.74) is 0.488. The Morgan fingerprint density at radius 1 is 1.10 bits per heavy atom. The van der Waals surface area contributed by atoms with Crippen molar-refractivity contribution in [1.82, 2.24) is 0 Å². The van der Waals surface area contributed by atoms with E-state index in [0.29, 0.717) is 0 Å². The molecule has 0 saturated heterocycles. The van der Waals surface area contributed by atoms with Crippen molar-refractivity contribution < 1.29 is 22.7 Å². The third kappa shape index (κ3) is 5.78. The smallest absolute Gasteiger partial charge is 0.338 e. The molecule has 0 aliphatic carbocycles. The highest BCUT2D eigenvalue weighted by Crippen LogP contribution is 2.32. The summed E-state index contributed by atoms with van der Waals surface area (Å²) in [5.74, 6) is -1.22. The lowest BCUT2D eigenvalue weighted by Crippen LogP contribution is -2.45. The van der Waals surface area contributed by atoms with Crippen LogP contribution in [0.1, 0.15) is 24.2 Å². The van der Waals surface area contributed by atoms with Gasteiger partial charge < -0.3 is 10.1 Å². The number of halogens is 3. The van der Waals surface area contributed by atoms with Crippen molar-refractivity contribution in [3.05, 3.63) is 57.0 Å². The summed E-state index contributed by atoms with van der Waals surface area (Å²) in [6.45, 7) is 3.28. The molecule has 30 heavy (non-hydrogen) atoms. The fourth-order valence-electron chi connectivity index (χ4n) is 2.63. The number of benzene rings is 2.